The van der Waals surface area contributed by atoms with Crippen molar-refractivity contribution < 1.29 is 14.6 Å². The number of aliphatic hydroxyl groups excluding tert-OH is 1. The van der Waals surface area contributed by atoms with Crippen molar-refractivity contribution in [1.82, 2.24) is 0 Å². The Hall–Kier alpha value is -1.44. The number of hydrogen-bond acceptors (Lipinski definition) is 4. The van der Waals surface area contributed by atoms with Gasteiger partial charge in [0.1, 0.15) is 12.2 Å². The molecule has 0 unspecified atom stereocenters. The number of aliphatic hydroxyl groups is 1. The number of esters is 1. The standard InChI is InChI=1S/C16H20O3S/c1-16(2,3)19-15(18)12-20-11-14-8-6-13(7-9-14)5-4-10-17/h6-9,17H,10-12H2,1-3H3. The highest BCUT2D eigenvalue weighted by atomic mass is 32.2. The molecular weight excluding hydrogens is 272 g/mol. The van der Waals surface area contributed by atoms with Crippen molar-refractivity contribution in [2.75, 3.05) is 12.4 Å². The lowest BCUT2D eigenvalue weighted by Crippen LogP contribution is -2.24. The maximum atomic E-state index is 11.5. The Morgan fingerprint density at radius 1 is 1.30 bits per heavy atom. The van der Waals surface area contributed by atoms with Crippen molar-refractivity contribution >= 4 is 17.7 Å². The maximum Gasteiger partial charge on any atom is 0.316 e. The molecule has 3 nitrogen and oxygen atoms in total. The van der Waals surface area contributed by atoms with Gasteiger partial charge in [0.05, 0.1) is 5.75 Å². The van der Waals surface area contributed by atoms with Gasteiger partial charge in [-0.25, -0.2) is 0 Å². The number of carbonyl (C=O) groups excluding carboxylic acids is 1. The summed E-state index contributed by atoms with van der Waals surface area (Å²) in [6.45, 7) is 5.46. The van der Waals surface area contributed by atoms with E-state index in [-0.39, 0.29) is 12.6 Å². The second kappa shape index (κ2) is 7.98. The lowest BCUT2D eigenvalue weighted by atomic mass is 10.1. The predicted molar refractivity (Wildman–Crippen MR) is 82.4 cm³/mol. The van der Waals surface area contributed by atoms with Gasteiger partial charge >= 0.3 is 5.97 Å². The lowest BCUT2D eigenvalue weighted by Gasteiger charge is -2.19. The third-order valence-electron chi connectivity index (χ3n) is 2.17. The molecule has 0 aliphatic carbocycles. The van der Waals surface area contributed by atoms with Crippen molar-refractivity contribution in [3.05, 3.63) is 35.4 Å². The van der Waals surface area contributed by atoms with Gasteiger partial charge in [0.15, 0.2) is 0 Å². The summed E-state index contributed by atoms with van der Waals surface area (Å²) in [6, 6.07) is 7.77. The average Bonchev–Trinajstić information content (AvgIpc) is 2.35. The molecule has 1 aromatic rings. The van der Waals surface area contributed by atoms with E-state index >= 15 is 0 Å². The van der Waals surface area contributed by atoms with Crippen LogP contribution in [0.25, 0.3) is 0 Å². The Balaban J connectivity index is 2.37. The second-order valence-corrected chi connectivity index (χ2v) is 6.22. The highest BCUT2D eigenvalue weighted by molar-refractivity contribution is 7.99. The molecule has 4 heteroatoms. The normalized spacial score (nSPS) is 10.6. The molecule has 0 aliphatic rings. The summed E-state index contributed by atoms with van der Waals surface area (Å²) in [6.07, 6.45) is 0. The molecule has 0 amide bonds. The van der Waals surface area contributed by atoms with Gasteiger partial charge in [-0.15, -0.1) is 11.8 Å². The minimum absolute atomic E-state index is 0.131. The molecule has 0 spiro atoms. The summed E-state index contributed by atoms with van der Waals surface area (Å²) in [5.41, 5.74) is 1.58. The Bertz CT molecular complexity index is 489. The Kier molecular flexibility index (Phi) is 6.63. The van der Waals surface area contributed by atoms with Crippen molar-refractivity contribution in [3.63, 3.8) is 0 Å². The third kappa shape index (κ3) is 7.22. The lowest BCUT2D eigenvalue weighted by molar-refractivity contribution is -0.151. The van der Waals surface area contributed by atoms with Crippen LogP contribution in [0.15, 0.2) is 24.3 Å². The molecular formula is C16H20O3S. The summed E-state index contributed by atoms with van der Waals surface area (Å²) in [7, 11) is 0. The third-order valence-corrected chi connectivity index (χ3v) is 3.15. The van der Waals surface area contributed by atoms with Crippen LogP contribution in [-0.2, 0) is 15.3 Å². The summed E-state index contributed by atoms with van der Waals surface area (Å²) in [5.74, 6) is 6.36. The Morgan fingerprint density at radius 2 is 1.95 bits per heavy atom. The van der Waals surface area contributed by atoms with E-state index in [4.69, 9.17) is 9.84 Å². The molecule has 0 bridgehead atoms. The monoisotopic (exact) mass is 292 g/mol. The minimum Gasteiger partial charge on any atom is -0.459 e. The van der Waals surface area contributed by atoms with Crippen LogP contribution in [0.3, 0.4) is 0 Å². The second-order valence-electron chi connectivity index (χ2n) is 5.24. The summed E-state index contributed by atoms with van der Waals surface area (Å²) >= 11 is 1.53. The van der Waals surface area contributed by atoms with Crippen LogP contribution in [0, 0.1) is 11.8 Å². The van der Waals surface area contributed by atoms with Crippen molar-refractivity contribution in [2.45, 2.75) is 32.1 Å². The molecule has 0 atom stereocenters. The topological polar surface area (TPSA) is 46.5 Å². The molecule has 0 aliphatic heterocycles. The van der Waals surface area contributed by atoms with E-state index in [0.717, 1.165) is 16.9 Å². The number of hydrogen-bond donors (Lipinski definition) is 1. The van der Waals surface area contributed by atoms with E-state index < -0.39 is 5.60 Å². The zero-order chi connectivity index (χ0) is 15.0. The van der Waals surface area contributed by atoms with E-state index in [2.05, 4.69) is 11.8 Å². The molecule has 0 saturated heterocycles. The fourth-order valence-corrected chi connectivity index (χ4v) is 2.20. The molecule has 0 fully saturated rings. The molecule has 0 radical (unpaired) electrons. The minimum atomic E-state index is -0.426. The SMILES string of the molecule is CC(C)(C)OC(=O)CSCc1ccc(C#CCO)cc1. The predicted octanol–water partition coefficient (Wildman–Crippen LogP) is 2.61. The van der Waals surface area contributed by atoms with E-state index in [1.54, 1.807) is 0 Å². The van der Waals surface area contributed by atoms with Crippen LogP contribution in [-0.4, -0.2) is 29.0 Å². The van der Waals surface area contributed by atoms with Crippen molar-refractivity contribution in [3.8, 4) is 11.8 Å². The van der Waals surface area contributed by atoms with Crippen molar-refractivity contribution in [2.24, 2.45) is 0 Å². The number of carbonyl (C=O) groups is 1. The first-order valence-corrected chi connectivity index (χ1v) is 7.54. The Labute approximate surface area is 124 Å². The fourth-order valence-electron chi connectivity index (χ4n) is 1.45. The summed E-state index contributed by atoms with van der Waals surface area (Å²) in [4.78, 5) is 11.5. The highest BCUT2D eigenvalue weighted by Gasteiger charge is 2.15. The molecule has 0 saturated carbocycles. The number of rotatable bonds is 4. The first kappa shape index (κ1) is 16.6. The summed E-state index contributed by atoms with van der Waals surface area (Å²) < 4.78 is 5.24. The van der Waals surface area contributed by atoms with Gasteiger partial charge in [0, 0.05) is 11.3 Å². The van der Waals surface area contributed by atoms with Gasteiger partial charge in [-0.3, -0.25) is 4.79 Å². The van der Waals surface area contributed by atoms with Gasteiger partial charge in [-0.2, -0.15) is 0 Å². The largest absolute Gasteiger partial charge is 0.459 e. The highest BCUT2D eigenvalue weighted by Crippen LogP contribution is 2.15. The number of thioether (sulfide) groups is 1. The molecule has 1 aromatic carbocycles. The van der Waals surface area contributed by atoms with Gasteiger partial charge in [-0.1, -0.05) is 24.0 Å². The van der Waals surface area contributed by atoms with Gasteiger partial charge in [-0.05, 0) is 38.5 Å². The Morgan fingerprint density at radius 3 is 2.50 bits per heavy atom. The zero-order valence-electron chi connectivity index (χ0n) is 12.1. The fraction of sp³-hybridized carbons (Fsp3) is 0.438. The molecule has 1 N–H and O–H groups in total. The van der Waals surface area contributed by atoms with E-state index in [1.165, 1.54) is 11.8 Å². The van der Waals surface area contributed by atoms with Crippen LogP contribution in [0.2, 0.25) is 0 Å². The average molecular weight is 292 g/mol. The maximum absolute atomic E-state index is 11.5. The van der Waals surface area contributed by atoms with E-state index in [0.29, 0.717) is 5.75 Å². The van der Waals surface area contributed by atoms with Gasteiger partial charge in [0.25, 0.3) is 0 Å². The van der Waals surface area contributed by atoms with Crippen LogP contribution < -0.4 is 0 Å². The van der Waals surface area contributed by atoms with Crippen LogP contribution in [0.4, 0.5) is 0 Å². The number of ether oxygens (including phenoxy) is 1. The molecule has 0 aromatic heterocycles. The van der Waals surface area contributed by atoms with Crippen LogP contribution >= 0.6 is 11.8 Å². The van der Waals surface area contributed by atoms with Crippen LogP contribution in [0.1, 0.15) is 31.9 Å². The van der Waals surface area contributed by atoms with Gasteiger partial charge in [0.2, 0.25) is 0 Å². The quantitative estimate of drug-likeness (QED) is 0.684. The molecule has 20 heavy (non-hydrogen) atoms. The molecule has 0 heterocycles. The van der Waals surface area contributed by atoms with Gasteiger partial charge < -0.3 is 9.84 Å². The summed E-state index contributed by atoms with van der Waals surface area (Å²) in [5, 5.41) is 8.61. The smallest absolute Gasteiger partial charge is 0.316 e. The first-order valence-electron chi connectivity index (χ1n) is 6.39. The van der Waals surface area contributed by atoms with E-state index in [1.807, 2.05) is 45.0 Å². The molecule has 108 valence electrons. The van der Waals surface area contributed by atoms with Crippen molar-refractivity contribution in [1.29, 1.82) is 0 Å². The van der Waals surface area contributed by atoms with E-state index in [9.17, 15) is 4.79 Å². The first-order chi connectivity index (χ1) is 9.40. The number of benzene rings is 1. The molecule has 1 rings (SSSR count). The zero-order valence-corrected chi connectivity index (χ0v) is 12.9. The van der Waals surface area contributed by atoms with Crippen LogP contribution in [0.5, 0.6) is 0 Å².